The third-order valence-electron chi connectivity index (χ3n) is 1.77. The van der Waals surface area contributed by atoms with Crippen LogP contribution in [0.4, 0.5) is 8.78 Å². The van der Waals surface area contributed by atoms with Crippen molar-refractivity contribution < 1.29 is 37.7 Å². The Bertz CT molecular complexity index is 413. The monoisotopic (exact) mass is 265 g/mol. The summed E-state index contributed by atoms with van der Waals surface area (Å²) in [6.45, 7) is -0.943. The van der Waals surface area contributed by atoms with Gasteiger partial charge < -0.3 is 19.4 Å². The lowest BCUT2D eigenvalue weighted by Crippen LogP contribution is -2.07. The van der Waals surface area contributed by atoms with Gasteiger partial charge in [-0.05, 0) is 0 Å². The predicted octanol–water partition coefficient (Wildman–Crippen LogP) is 0.895. The van der Waals surface area contributed by atoms with Gasteiger partial charge in [0.1, 0.15) is 6.61 Å². The molecule has 0 atom stereocenters. The molecule has 9 heteroatoms. The molecule has 0 amide bonds. The third-order valence-corrected chi connectivity index (χ3v) is 1.77. The molecule has 7 nitrogen and oxygen atoms in total. The van der Waals surface area contributed by atoms with E-state index in [2.05, 4.69) is 14.1 Å². The van der Waals surface area contributed by atoms with E-state index in [1.165, 1.54) is 0 Å². The first kappa shape index (κ1) is 14.0. The summed E-state index contributed by atoms with van der Waals surface area (Å²) in [6.07, 6.45) is -2.71. The predicted molar refractivity (Wildman–Crippen MR) is 50.9 cm³/mol. The molecule has 1 rings (SSSR count). The highest BCUT2D eigenvalue weighted by Crippen LogP contribution is 2.12. The van der Waals surface area contributed by atoms with Gasteiger partial charge in [0.25, 0.3) is 6.43 Å². The molecule has 0 aliphatic carbocycles. The minimum Gasteiger partial charge on any atom is -0.476 e. The fraction of sp³-hybridized carbons (Fsp3) is 0.444. The van der Waals surface area contributed by atoms with Crippen LogP contribution in [0.5, 0.6) is 0 Å². The van der Waals surface area contributed by atoms with Crippen molar-refractivity contribution in [3.63, 3.8) is 0 Å². The molecule has 0 unspecified atom stereocenters. The molecule has 0 bridgehead atoms. The van der Waals surface area contributed by atoms with Crippen molar-refractivity contribution in [3.05, 3.63) is 17.3 Å². The molecule has 1 heterocycles. The number of rotatable bonds is 7. The third kappa shape index (κ3) is 3.77. The van der Waals surface area contributed by atoms with E-state index in [4.69, 9.17) is 10.2 Å². The summed E-state index contributed by atoms with van der Waals surface area (Å²) < 4.78 is 32.7. The van der Waals surface area contributed by atoms with Gasteiger partial charge in [0.15, 0.2) is 5.89 Å². The Balaban J connectivity index is 2.65. The maximum Gasteiger partial charge on any atom is 0.374 e. The highest BCUT2D eigenvalue weighted by Gasteiger charge is 2.24. The minimum atomic E-state index is -2.61. The number of hydrogen-bond donors (Lipinski definition) is 2. The van der Waals surface area contributed by atoms with Crippen molar-refractivity contribution in [2.75, 3.05) is 13.2 Å². The molecule has 0 aromatic carbocycles. The van der Waals surface area contributed by atoms with Crippen molar-refractivity contribution in [2.45, 2.75) is 12.8 Å². The molecule has 18 heavy (non-hydrogen) atoms. The smallest absolute Gasteiger partial charge is 0.374 e. The molecule has 1 aromatic rings. The van der Waals surface area contributed by atoms with Crippen LogP contribution in [0.25, 0.3) is 0 Å². The van der Waals surface area contributed by atoms with E-state index >= 15 is 0 Å². The topological polar surface area (TPSA) is 110 Å². The Morgan fingerprint density at radius 3 is 2.44 bits per heavy atom. The Kier molecular flexibility index (Phi) is 4.72. The average molecular weight is 265 g/mol. The zero-order chi connectivity index (χ0) is 13.7. The summed E-state index contributed by atoms with van der Waals surface area (Å²) in [7, 11) is 0. The van der Waals surface area contributed by atoms with Gasteiger partial charge in [-0.1, -0.05) is 0 Å². The number of alkyl halides is 2. The summed E-state index contributed by atoms with van der Waals surface area (Å²) >= 11 is 0. The van der Waals surface area contributed by atoms with Crippen LogP contribution < -0.4 is 0 Å². The van der Waals surface area contributed by atoms with Gasteiger partial charge in [-0.15, -0.1) is 0 Å². The van der Waals surface area contributed by atoms with Crippen molar-refractivity contribution in [1.82, 2.24) is 4.98 Å². The van der Waals surface area contributed by atoms with E-state index in [1.807, 2.05) is 0 Å². The van der Waals surface area contributed by atoms with E-state index in [-0.39, 0.29) is 18.9 Å². The normalized spacial score (nSPS) is 10.8. The first-order chi connectivity index (χ1) is 8.41. The number of halogens is 2. The van der Waals surface area contributed by atoms with Gasteiger partial charge in [0, 0.05) is 6.42 Å². The molecule has 0 spiro atoms. The second kappa shape index (κ2) is 6.05. The number of carboxylic acid groups (broad SMARTS) is 2. The molecule has 0 saturated carbocycles. The van der Waals surface area contributed by atoms with Crippen LogP contribution in [-0.4, -0.2) is 46.8 Å². The van der Waals surface area contributed by atoms with Crippen LogP contribution in [0.15, 0.2) is 4.42 Å². The summed E-state index contributed by atoms with van der Waals surface area (Å²) in [5.74, 6) is -4.11. The number of nitrogens with zero attached hydrogens (tertiary/aromatic N) is 1. The van der Waals surface area contributed by atoms with E-state index in [9.17, 15) is 18.4 Å². The Labute approximate surface area is 99.0 Å². The second-order valence-corrected chi connectivity index (χ2v) is 3.11. The zero-order valence-electron chi connectivity index (χ0n) is 8.93. The molecule has 100 valence electrons. The number of carbonyl (C=O) groups is 2. The number of aromatic carboxylic acids is 2. The lowest BCUT2D eigenvalue weighted by Gasteiger charge is -2.00. The fourth-order valence-corrected chi connectivity index (χ4v) is 1.09. The fourth-order valence-electron chi connectivity index (χ4n) is 1.09. The summed E-state index contributed by atoms with van der Waals surface area (Å²) in [4.78, 5) is 24.7. The van der Waals surface area contributed by atoms with Crippen LogP contribution in [-0.2, 0) is 11.2 Å². The van der Waals surface area contributed by atoms with Gasteiger partial charge >= 0.3 is 11.9 Å². The Morgan fingerprint density at radius 1 is 1.33 bits per heavy atom. The Hall–Kier alpha value is -2.03. The lowest BCUT2D eigenvalue weighted by atomic mass is 10.3. The summed E-state index contributed by atoms with van der Waals surface area (Å²) in [5, 5.41) is 17.3. The molecular formula is C9H9F2NO6. The summed E-state index contributed by atoms with van der Waals surface area (Å²) in [5.41, 5.74) is -0.730. The molecule has 0 radical (unpaired) electrons. The number of hydrogen-bond acceptors (Lipinski definition) is 5. The average Bonchev–Trinajstić information content (AvgIpc) is 2.68. The SMILES string of the molecule is O=C(O)c1nc(CCOCC(F)F)oc1C(=O)O. The first-order valence-corrected chi connectivity index (χ1v) is 4.74. The molecule has 0 fully saturated rings. The molecular weight excluding hydrogens is 256 g/mol. The second-order valence-electron chi connectivity index (χ2n) is 3.11. The number of ether oxygens (including phenoxy) is 1. The van der Waals surface area contributed by atoms with Crippen molar-refractivity contribution in [3.8, 4) is 0 Å². The minimum absolute atomic E-state index is 0.0969. The Morgan fingerprint density at radius 2 is 2.00 bits per heavy atom. The molecule has 1 aromatic heterocycles. The molecule has 2 N–H and O–H groups in total. The maximum atomic E-state index is 11.7. The highest BCUT2D eigenvalue weighted by molar-refractivity contribution is 5.98. The standard InChI is InChI=1S/C9H9F2NO6/c10-4(11)3-17-2-1-5-12-6(8(13)14)7(18-5)9(15)16/h4H,1-3H2,(H,13,14)(H,15,16). The number of carboxylic acids is 2. The maximum absolute atomic E-state index is 11.7. The largest absolute Gasteiger partial charge is 0.476 e. The first-order valence-electron chi connectivity index (χ1n) is 4.74. The lowest BCUT2D eigenvalue weighted by molar-refractivity contribution is 0.0173. The van der Waals surface area contributed by atoms with Crippen LogP contribution in [0, 0.1) is 0 Å². The van der Waals surface area contributed by atoms with Crippen LogP contribution >= 0.6 is 0 Å². The van der Waals surface area contributed by atoms with Gasteiger partial charge in [0.2, 0.25) is 11.5 Å². The van der Waals surface area contributed by atoms with Gasteiger partial charge in [-0.3, -0.25) is 0 Å². The highest BCUT2D eigenvalue weighted by atomic mass is 19.3. The number of aromatic nitrogens is 1. The van der Waals surface area contributed by atoms with Crippen molar-refractivity contribution >= 4 is 11.9 Å². The van der Waals surface area contributed by atoms with Crippen LogP contribution in [0.2, 0.25) is 0 Å². The van der Waals surface area contributed by atoms with Gasteiger partial charge in [0.05, 0.1) is 6.61 Å². The van der Waals surface area contributed by atoms with Crippen LogP contribution in [0.1, 0.15) is 26.9 Å². The molecule has 0 aliphatic rings. The number of oxazole rings is 1. The van der Waals surface area contributed by atoms with Crippen molar-refractivity contribution in [1.29, 1.82) is 0 Å². The summed E-state index contributed by atoms with van der Waals surface area (Å²) in [6, 6.07) is 0. The van der Waals surface area contributed by atoms with Crippen molar-refractivity contribution in [2.24, 2.45) is 0 Å². The van der Waals surface area contributed by atoms with E-state index < -0.39 is 36.4 Å². The van der Waals surface area contributed by atoms with Gasteiger partial charge in [-0.2, -0.15) is 0 Å². The van der Waals surface area contributed by atoms with Crippen LogP contribution in [0.3, 0.4) is 0 Å². The van der Waals surface area contributed by atoms with E-state index in [0.29, 0.717) is 0 Å². The van der Waals surface area contributed by atoms with Gasteiger partial charge in [-0.25, -0.2) is 23.4 Å². The molecule has 0 saturated heterocycles. The van der Waals surface area contributed by atoms with E-state index in [0.717, 1.165) is 0 Å². The quantitative estimate of drug-likeness (QED) is 0.704. The zero-order valence-corrected chi connectivity index (χ0v) is 8.93. The molecule has 0 aliphatic heterocycles. The van der Waals surface area contributed by atoms with E-state index in [1.54, 1.807) is 0 Å².